The number of hydrogen-bond donors (Lipinski definition) is 1. The van der Waals surface area contributed by atoms with Gasteiger partial charge in [-0.1, -0.05) is 22.0 Å². The van der Waals surface area contributed by atoms with E-state index in [9.17, 15) is 0 Å². The van der Waals surface area contributed by atoms with Crippen molar-refractivity contribution in [2.24, 2.45) is 0 Å². The first-order chi connectivity index (χ1) is 9.73. The van der Waals surface area contributed by atoms with Crippen LogP contribution in [0.5, 0.6) is 5.75 Å². The summed E-state index contributed by atoms with van der Waals surface area (Å²) in [4.78, 5) is 0. The second kappa shape index (κ2) is 6.24. The Morgan fingerprint density at radius 3 is 2.57 bits per heavy atom. The molecule has 1 saturated heterocycles. The molecule has 4 nitrogen and oxygen atoms in total. The summed E-state index contributed by atoms with van der Waals surface area (Å²) in [5.74, 6) is 0.901. The molecule has 1 aliphatic rings. The Morgan fingerprint density at radius 1 is 1.33 bits per heavy atom. The first-order valence-electron chi connectivity index (χ1n) is 7.15. The number of methoxy groups -OCH3 is 1. The maximum absolute atomic E-state index is 5.77. The van der Waals surface area contributed by atoms with E-state index in [0.717, 1.165) is 21.3 Å². The lowest BCUT2D eigenvalue weighted by Crippen LogP contribution is -2.28. The van der Waals surface area contributed by atoms with Crippen molar-refractivity contribution < 1.29 is 14.2 Å². The quantitative estimate of drug-likeness (QED) is 0.811. The highest BCUT2D eigenvalue weighted by atomic mass is 79.9. The average molecular weight is 358 g/mol. The van der Waals surface area contributed by atoms with Gasteiger partial charge in [-0.2, -0.15) is 0 Å². The van der Waals surface area contributed by atoms with Crippen molar-refractivity contribution in [1.82, 2.24) is 5.32 Å². The minimum atomic E-state index is -0.198. The van der Waals surface area contributed by atoms with Crippen molar-refractivity contribution in [2.75, 3.05) is 7.11 Å². The number of epoxide rings is 1. The first kappa shape index (κ1) is 16.7. The molecule has 1 aromatic rings. The number of benzene rings is 1. The van der Waals surface area contributed by atoms with Crippen LogP contribution in [0.15, 0.2) is 16.6 Å². The number of halogens is 1. The molecule has 1 aromatic carbocycles. The van der Waals surface area contributed by atoms with Gasteiger partial charge in [-0.3, -0.25) is 5.32 Å². The van der Waals surface area contributed by atoms with E-state index in [4.69, 9.17) is 14.2 Å². The Balaban J connectivity index is 2.02. The van der Waals surface area contributed by atoms with Gasteiger partial charge in [0.05, 0.1) is 12.7 Å². The zero-order valence-electron chi connectivity index (χ0n) is 13.5. The van der Waals surface area contributed by atoms with Crippen LogP contribution >= 0.6 is 15.9 Å². The molecule has 3 unspecified atom stereocenters. The van der Waals surface area contributed by atoms with Crippen LogP contribution in [-0.2, 0) is 9.47 Å². The van der Waals surface area contributed by atoms with Crippen LogP contribution in [0.1, 0.15) is 44.9 Å². The van der Waals surface area contributed by atoms with Gasteiger partial charge >= 0.3 is 0 Å². The lowest BCUT2D eigenvalue weighted by Gasteiger charge is -2.20. The minimum absolute atomic E-state index is 0.0621. The SMILES string of the molecule is COc1c(C(C)NC2OC2OC(C)(C)C)ccc(Br)c1C. The Bertz CT molecular complexity index is 513. The van der Waals surface area contributed by atoms with E-state index in [0.29, 0.717) is 0 Å². The van der Waals surface area contributed by atoms with Crippen LogP contribution in [0.25, 0.3) is 0 Å². The predicted octanol–water partition coefficient (Wildman–Crippen LogP) is 3.91. The summed E-state index contributed by atoms with van der Waals surface area (Å²) in [6.45, 7) is 10.2. The average Bonchev–Trinajstić information content (AvgIpc) is 3.07. The van der Waals surface area contributed by atoms with Crippen LogP contribution in [0.3, 0.4) is 0 Å². The molecule has 2 rings (SSSR count). The Hall–Kier alpha value is -0.620. The summed E-state index contributed by atoms with van der Waals surface area (Å²) >= 11 is 3.53. The van der Waals surface area contributed by atoms with E-state index < -0.39 is 0 Å². The second-order valence-corrected chi connectivity index (χ2v) is 7.19. The van der Waals surface area contributed by atoms with Crippen molar-refractivity contribution in [3.63, 3.8) is 0 Å². The zero-order valence-corrected chi connectivity index (χ0v) is 15.1. The monoisotopic (exact) mass is 357 g/mol. The highest BCUT2D eigenvalue weighted by molar-refractivity contribution is 9.10. The van der Waals surface area contributed by atoms with E-state index in [1.807, 2.05) is 33.8 Å². The van der Waals surface area contributed by atoms with Gasteiger partial charge < -0.3 is 14.2 Å². The molecular weight excluding hydrogens is 334 g/mol. The molecule has 3 atom stereocenters. The third-order valence-electron chi connectivity index (χ3n) is 3.38. The van der Waals surface area contributed by atoms with Crippen molar-refractivity contribution >= 4 is 15.9 Å². The predicted molar refractivity (Wildman–Crippen MR) is 86.5 cm³/mol. The van der Waals surface area contributed by atoms with Crippen molar-refractivity contribution in [3.05, 3.63) is 27.7 Å². The molecule has 0 aromatic heterocycles. The fourth-order valence-corrected chi connectivity index (χ4v) is 2.60. The normalized spacial score (nSPS) is 23.0. The van der Waals surface area contributed by atoms with Crippen LogP contribution in [0, 0.1) is 6.92 Å². The molecule has 1 aliphatic heterocycles. The largest absolute Gasteiger partial charge is 0.496 e. The molecule has 21 heavy (non-hydrogen) atoms. The van der Waals surface area contributed by atoms with E-state index in [1.54, 1.807) is 7.11 Å². The lowest BCUT2D eigenvalue weighted by atomic mass is 10.0. The van der Waals surface area contributed by atoms with Crippen LogP contribution in [-0.4, -0.2) is 25.2 Å². The number of hydrogen-bond acceptors (Lipinski definition) is 4. The van der Waals surface area contributed by atoms with E-state index >= 15 is 0 Å². The van der Waals surface area contributed by atoms with E-state index in [1.165, 1.54) is 0 Å². The summed E-state index contributed by atoms with van der Waals surface area (Å²) in [6, 6.07) is 4.23. The maximum Gasteiger partial charge on any atom is 0.200 e. The van der Waals surface area contributed by atoms with Gasteiger partial charge in [0.25, 0.3) is 0 Å². The molecule has 0 radical (unpaired) electrons. The summed E-state index contributed by atoms with van der Waals surface area (Å²) in [5, 5.41) is 3.42. The molecule has 118 valence electrons. The topological polar surface area (TPSA) is 43.0 Å². The van der Waals surface area contributed by atoms with E-state index in [-0.39, 0.29) is 24.2 Å². The van der Waals surface area contributed by atoms with Gasteiger partial charge in [-0.25, -0.2) is 0 Å². The molecule has 1 fully saturated rings. The zero-order chi connectivity index (χ0) is 15.8. The Morgan fingerprint density at radius 2 is 2.00 bits per heavy atom. The third kappa shape index (κ3) is 4.19. The van der Waals surface area contributed by atoms with Gasteiger partial charge in [0.15, 0.2) is 12.5 Å². The van der Waals surface area contributed by atoms with Gasteiger partial charge in [0.1, 0.15) is 5.75 Å². The van der Waals surface area contributed by atoms with E-state index in [2.05, 4.69) is 34.2 Å². The molecule has 0 bridgehead atoms. The van der Waals surface area contributed by atoms with Gasteiger partial charge in [0.2, 0.25) is 0 Å². The fourth-order valence-electron chi connectivity index (χ4n) is 2.29. The molecule has 5 heteroatoms. The third-order valence-corrected chi connectivity index (χ3v) is 4.24. The number of nitrogens with one attached hydrogen (secondary N) is 1. The van der Waals surface area contributed by atoms with Gasteiger partial charge in [-0.15, -0.1) is 0 Å². The fraction of sp³-hybridized carbons (Fsp3) is 0.625. The molecule has 0 aliphatic carbocycles. The van der Waals surface area contributed by atoms with Crippen molar-refractivity contribution in [3.8, 4) is 5.75 Å². The second-order valence-electron chi connectivity index (χ2n) is 6.34. The smallest absolute Gasteiger partial charge is 0.200 e. The molecule has 0 spiro atoms. The van der Waals surface area contributed by atoms with Gasteiger partial charge in [0, 0.05) is 21.6 Å². The first-order valence-corrected chi connectivity index (χ1v) is 7.94. The minimum Gasteiger partial charge on any atom is -0.496 e. The highest BCUT2D eigenvalue weighted by Crippen LogP contribution is 2.35. The van der Waals surface area contributed by atoms with Crippen molar-refractivity contribution in [2.45, 2.75) is 58.8 Å². The standard InChI is InChI=1S/C16H24BrNO3/c1-9-12(17)8-7-11(13(9)19-6)10(2)18-14-15(20-14)21-16(3,4)5/h7-8,10,14-15,18H,1-6H3. The van der Waals surface area contributed by atoms with Crippen LogP contribution in [0.4, 0.5) is 0 Å². The summed E-state index contributed by atoms with van der Waals surface area (Å²) in [6.07, 6.45) is -0.233. The summed E-state index contributed by atoms with van der Waals surface area (Å²) in [7, 11) is 1.70. The molecule has 1 heterocycles. The molecule has 0 amide bonds. The van der Waals surface area contributed by atoms with Gasteiger partial charge in [-0.05, 0) is 40.7 Å². The molecule has 1 N–H and O–H groups in total. The Kier molecular flexibility index (Phi) is 4.98. The molecular formula is C16H24BrNO3. The summed E-state index contributed by atoms with van der Waals surface area (Å²) < 4.78 is 17.9. The number of ether oxygens (including phenoxy) is 3. The highest BCUT2D eigenvalue weighted by Gasteiger charge is 2.43. The summed E-state index contributed by atoms with van der Waals surface area (Å²) in [5.41, 5.74) is 2.02. The maximum atomic E-state index is 5.77. The Labute approximate surface area is 135 Å². The van der Waals surface area contributed by atoms with Crippen molar-refractivity contribution in [1.29, 1.82) is 0 Å². The van der Waals surface area contributed by atoms with Crippen LogP contribution in [0.2, 0.25) is 0 Å². The van der Waals surface area contributed by atoms with Crippen LogP contribution < -0.4 is 10.1 Å². The molecule has 0 saturated carbocycles. The lowest BCUT2D eigenvalue weighted by molar-refractivity contribution is -0.0571. The number of rotatable bonds is 5.